The van der Waals surface area contributed by atoms with Gasteiger partial charge in [-0.3, -0.25) is 4.57 Å². The molecule has 2 aromatic heterocycles. The monoisotopic (exact) mass is 243 g/mol. The Hall–Kier alpha value is -2.35. The second kappa shape index (κ2) is 4.15. The molecular formula is C13H13N3O2. The molecule has 0 fully saturated rings. The summed E-state index contributed by atoms with van der Waals surface area (Å²) in [5.74, 6) is 0. The van der Waals surface area contributed by atoms with Gasteiger partial charge in [-0.25, -0.2) is 9.78 Å². The Kier molecular flexibility index (Phi) is 2.79. The third kappa shape index (κ3) is 2.18. The van der Waals surface area contributed by atoms with Crippen LogP contribution in [0.2, 0.25) is 0 Å². The molecule has 0 saturated carbocycles. The largest absolute Gasteiger partial charge is 0.443 e. The Bertz CT molecular complexity index is 644. The maximum atomic E-state index is 12.0. The molecule has 0 atom stereocenters. The van der Waals surface area contributed by atoms with Gasteiger partial charge in [0, 0.05) is 17.8 Å². The molecule has 2 heterocycles. The maximum absolute atomic E-state index is 12.0. The highest BCUT2D eigenvalue weighted by Crippen LogP contribution is 2.19. The van der Waals surface area contributed by atoms with Crippen LogP contribution in [0.4, 0.5) is 4.79 Å². The van der Waals surface area contributed by atoms with Gasteiger partial charge in [0.1, 0.15) is 17.4 Å². The molecule has 0 amide bonds. The first-order valence-electron chi connectivity index (χ1n) is 5.52. The number of nitriles is 1. The minimum Gasteiger partial charge on any atom is -0.443 e. The van der Waals surface area contributed by atoms with Gasteiger partial charge in [-0.2, -0.15) is 5.26 Å². The third-order valence-electron chi connectivity index (χ3n) is 2.31. The number of fused-ring (bicyclic) bond motifs is 1. The minimum atomic E-state index is -0.557. The molecule has 0 unspecified atom stereocenters. The van der Waals surface area contributed by atoms with Gasteiger partial charge in [-0.05, 0) is 32.9 Å². The number of carbonyl (C=O) groups excluding carboxylic acids is 1. The highest BCUT2D eigenvalue weighted by molar-refractivity contribution is 5.91. The maximum Gasteiger partial charge on any atom is 0.418 e. The summed E-state index contributed by atoms with van der Waals surface area (Å²) in [5.41, 5.74) is 0.365. The Morgan fingerprint density at radius 2 is 2.17 bits per heavy atom. The topological polar surface area (TPSA) is 67.9 Å². The molecule has 0 aliphatic heterocycles. The molecular weight excluding hydrogens is 230 g/mol. The van der Waals surface area contributed by atoms with Gasteiger partial charge in [0.25, 0.3) is 0 Å². The lowest BCUT2D eigenvalue weighted by molar-refractivity contribution is 0.0544. The van der Waals surface area contributed by atoms with Crippen molar-refractivity contribution in [3.63, 3.8) is 0 Å². The normalized spacial score (nSPS) is 11.2. The van der Waals surface area contributed by atoms with Gasteiger partial charge in [-0.15, -0.1) is 0 Å². The lowest BCUT2D eigenvalue weighted by Crippen LogP contribution is -2.26. The molecule has 0 aromatic carbocycles. The van der Waals surface area contributed by atoms with Gasteiger partial charge in [0.15, 0.2) is 0 Å². The van der Waals surface area contributed by atoms with Crippen LogP contribution in [0.15, 0.2) is 24.5 Å². The lowest BCUT2D eigenvalue weighted by Gasteiger charge is -2.19. The predicted octanol–water partition coefficient (Wildman–Crippen LogP) is 2.69. The van der Waals surface area contributed by atoms with Crippen molar-refractivity contribution >= 4 is 17.0 Å². The molecule has 0 radical (unpaired) electrons. The van der Waals surface area contributed by atoms with Gasteiger partial charge >= 0.3 is 6.09 Å². The third-order valence-corrected chi connectivity index (χ3v) is 2.31. The molecule has 0 bridgehead atoms. The first-order valence-corrected chi connectivity index (χ1v) is 5.52. The van der Waals surface area contributed by atoms with Gasteiger partial charge in [0.2, 0.25) is 0 Å². The van der Waals surface area contributed by atoms with Crippen molar-refractivity contribution in [2.24, 2.45) is 0 Å². The fraction of sp³-hybridized carbons (Fsp3) is 0.308. The van der Waals surface area contributed by atoms with E-state index < -0.39 is 11.7 Å². The van der Waals surface area contributed by atoms with Gasteiger partial charge in [0.05, 0.1) is 5.52 Å². The SMILES string of the molecule is CC(C)(C)OC(=O)n1ccc2c(C#N)nccc21. The Morgan fingerprint density at radius 1 is 1.44 bits per heavy atom. The van der Waals surface area contributed by atoms with Crippen LogP contribution in [-0.2, 0) is 4.74 Å². The van der Waals surface area contributed by atoms with Gasteiger partial charge < -0.3 is 4.74 Å². The highest BCUT2D eigenvalue weighted by Gasteiger charge is 2.19. The first-order chi connectivity index (χ1) is 8.42. The van der Waals surface area contributed by atoms with E-state index in [0.29, 0.717) is 16.6 Å². The molecule has 92 valence electrons. The van der Waals surface area contributed by atoms with Crippen LogP contribution in [-0.4, -0.2) is 21.2 Å². The fourth-order valence-corrected chi connectivity index (χ4v) is 1.63. The van der Waals surface area contributed by atoms with Crippen LogP contribution in [0.5, 0.6) is 0 Å². The van der Waals surface area contributed by atoms with Crippen molar-refractivity contribution in [3.05, 3.63) is 30.2 Å². The number of pyridine rings is 1. The smallest absolute Gasteiger partial charge is 0.418 e. The highest BCUT2D eigenvalue weighted by atomic mass is 16.6. The zero-order valence-corrected chi connectivity index (χ0v) is 10.5. The molecule has 0 saturated heterocycles. The van der Waals surface area contributed by atoms with Crippen LogP contribution in [0.3, 0.4) is 0 Å². The van der Waals surface area contributed by atoms with E-state index in [4.69, 9.17) is 10.00 Å². The quantitative estimate of drug-likeness (QED) is 0.713. The van der Waals surface area contributed by atoms with Crippen LogP contribution >= 0.6 is 0 Å². The summed E-state index contributed by atoms with van der Waals surface area (Å²) in [5, 5.41) is 9.58. The van der Waals surface area contributed by atoms with E-state index in [2.05, 4.69) is 4.98 Å². The van der Waals surface area contributed by atoms with E-state index in [1.54, 1.807) is 39.1 Å². The molecule has 0 N–H and O–H groups in total. The predicted molar refractivity (Wildman–Crippen MR) is 66.1 cm³/mol. The van der Waals surface area contributed by atoms with Crippen molar-refractivity contribution in [2.75, 3.05) is 0 Å². The molecule has 5 nitrogen and oxygen atoms in total. The average Bonchev–Trinajstić information content (AvgIpc) is 2.69. The Morgan fingerprint density at radius 3 is 2.78 bits per heavy atom. The summed E-state index contributed by atoms with van der Waals surface area (Å²) in [6, 6.07) is 5.36. The summed E-state index contributed by atoms with van der Waals surface area (Å²) >= 11 is 0. The average molecular weight is 243 g/mol. The Labute approximate surface area is 105 Å². The number of rotatable bonds is 0. The van der Waals surface area contributed by atoms with Crippen molar-refractivity contribution in [2.45, 2.75) is 26.4 Å². The molecule has 0 aliphatic rings. The van der Waals surface area contributed by atoms with Crippen LogP contribution in [0, 0.1) is 11.3 Å². The zero-order valence-electron chi connectivity index (χ0n) is 10.5. The zero-order chi connectivity index (χ0) is 13.3. The summed E-state index contributed by atoms with van der Waals surface area (Å²) < 4.78 is 6.66. The standard InChI is InChI=1S/C13H13N3O2/c1-13(2,3)18-12(17)16-7-5-9-10(8-14)15-6-4-11(9)16/h4-7H,1-3H3. The van der Waals surface area contributed by atoms with E-state index in [0.717, 1.165) is 0 Å². The van der Waals surface area contributed by atoms with E-state index in [-0.39, 0.29) is 0 Å². The van der Waals surface area contributed by atoms with E-state index >= 15 is 0 Å². The number of ether oxygens (including phenoxy) is 1. The number of hydrogen-bond acceptors (Lipinski definition) is 4. The van der Waals surface area contributed by atoms with Crippen LogP contribution in [0.1, 0.15) is 26.5 Å². The molecule has 0 spiro atoms. The molecule has 18 heavy (non-hydrogen) atoms. The minimum absolute atomic E-state index is 0.301. The van der Waals surface area contributed by atoms with Crippen LogP contribution < -0.4 is 0 Å². The van der Waals surface area contributed by atoms with E-state index in [1.165, 1.54) is 10.8 Å². The lowest BCUT2D eigenvalue weighted by atomic mass is 10.2. The second-order valence-electron chi connectivity index (χ2n) is 4.87. The molecule has 2 rings (SSSR count). The fourth-order valence-electron chi connectivity index (χ4n) is 1.63. The summed E-state index contributed by atoms with van der Waals surface area (Å²) in [6.07, 6.45) is 2.62. The summed E-state index contributed by atoms with van der Waals surface area (Å²) in [7, 11) is 0. The van der Waals surface area contributed by atoms with Crippen molar-refractivity contribution in [1.29, 1.82) is 5.26 Å². The Balaban J connectivity index is 2.48. The number of carbonyl (C=O) groups is 1. The van der Waals surface area contributed by atoms with Crippen LogP contribution in [0.25, 0.3) is 10.9 Å². The van der Waals surface area contributed by atoms with Gasteiger partial charge in [-0.1, -0.05) is 0 Å². The first kappa shape index (κ1) is 12.1. The van der Waals surface area contributed by atoms with E-state index in [1.807, 2.05) is 6.07 Å². The molecule has 5 heteroatoms. The second-order valence-corrected chi connectivity index (χ2v) is 4.87. The summed E-state index contributed by atoms with van der Waals surface area (Å²) in [4.78, 5) is 15.9. The van der Waals surface area contributed by atoms with E-state index in [9.17, 15) is 4.79 Å². The molecule has 2 aromatic rings. The summed E-state index contributed by atoms with van der Waals surface area (Å²) in [6.45, 7) is 5.41. The number of nitrogens with zero attached hydrogens (tertiary/aromatic N) is 3. The molecule has 0 aliphatic carbocycles. The van der Waals surface area contributed by atoms with Crippen molar-refractivity contribution in [1.82, 2.24) is 9.55 Å². The number of hydrogen-bond donors (Lipinski definition) is 0. The van der Waals surface area contributed by atoms with Crippen molar-refractivity contribution in [3.8, 4) is 6.07 Å². The van der Waals surface area contributed by atoms with Crippen molar-refractivity contribution < 1.29 is 9.53 Å². The number of aromatic nitrogens is 2.